The van der Waals surface area contributed by atoms with E-state index in [2.05, 4.69) is 32.3 Å². The third kappa shape index (κ3) is 0.859. The number of rotatable bonds is 0. The Hall–Kier alpha value is -0.410. The highest BCUT2D eigenvalue weighted by Crippen LogP contribution is 2.21. The van der Waals surface area contributed by atoms with Gasteiger partial charge in [0.15, 0.2) is 0 Å². The molecule has 2 nitrogen and oxygen atoms in total. The van der Waals surface area contributed by atoms with Crippen molar-refractivity contribution in [2.75, 3.05) is 0 Å². The summed E-state index contributed by atoms with van der Waals surface area (Å²) >= 11 is 3.40. The molecule has 0 bridgehead atoms. The molecule has 1 aromatic rings. The number of nitrogens with zero attached hydrogens (tertiary/aromatic N) is 1. The van der Waals surface area contributed by atoms with E-state index in [0.717, 1.165) is 17.7 Å². The molecule has 1 aliphatic rings. The van der Waals surface area contributed by atoms with Crippen LogP contribution in [0.15, 0.2) is 16.9 Å². The van der Waals surface area contributed by atoms with Crippen LogP contribution in [-0.4, -0.2) is 4.98 Å². The standard InChI is InChI=1S/C7H7BrN2/c8-7-6-4-9-3-5(6)1-2-10-7/h1-2,9H,3-4H2. The first-order valence-corrected chi connectivity index (χ1v) is 4.00. The van der Waals surface area contributed by atoms with Crippen LogP contribution < -0.4 is 5.32 Å². The zero-order valence-corrected chi connectivity index (χ0v) is 6.98. The summed E-state index contributed by atoms with van der Waals surface area (Å²) in [5, 5.41) is 3.26. The van der Waals surface area contributed by atoms with E-state index in [0.29, 0.717) is 0 Å². The van der Waals surface area contributed by atoms with Crippen molar-refractivity contribution in [1.29, 1.82) is 0 Å². The minimum atomic E-state index is 0.948. The Morgan fingerprint density at radius 3 is 3.20 bits per heavy atom. The average molecular weight is 199 g/mol. The lowest BCUT2D eigenvalue weighted by Gasteiger charge is -1.96. The molecule has 0 aromatic carbocycles. The second-order valence-corrected chi connectivity index (χ2v) is 3.09. The summed E-state index contributed by atoms with van der Waals surface area (Å²) in [7, 11) is 0. The van der Waals surface area contributed by atoms with Gasteiger partial charge in [0.2, 0.25) is 0 Å². The molecular formula is C7H7BrN2. The van der Waals surface area contributed by atoms with Gasteiger partial charge in [0.25, 0.3) is 0 Å². The van der Waals surface area contributed by atoms with Crippen LogP contribution in [0.2, 0.25) is 0 Å². The highest BCUT2D eigenvalue weighted by Gasteiger charge is 2.12. The van der Waals surface area contributed by atoms with Gasteiger partial charge in [0.1, 0.15) is 4.60 Å². The molecule has 0 aliphatic carbocycles. The molecule has 0 saturated carbocycles. The minimum Gasteiger partial charge on any atom is -0.308 e. The third-order valence-corrected chi connectivity index (χ3v) is 2.40. The molecule has 10 heavy (non-hydrogen) atoms. The van der Waals surface area contributed by atoms with Crippen LogP contribution in [-0.2, 0) is 13.1 Å². The van der Waals surface area contributed by atoms with Gasteiger partial charge >= 0.3 is 0 Å². The van der Waals surface area contributed by atoms with Gasteiger partial charge in [-0.15, -0.1) is 0 Å². The van der Waals surface area contributed by atoms with E-state index >= 15 is 0 Å². The van der Waals surface area contributed by atoms with Gasteiger partial charge in [0.05, 0.1) is 0 Å². The Balaban J connectivity index is 2.59. The first kappa shape index (κ1) is 6.31. The molecule has 0 radical (unpaired) electrons. The summed E-state index contributed by atoms with van der Waals surface area (Å²) in [6.45, 7) is 1.93. The van der Waals surface area contributed by atoms with Crippen molar-refractivity contribution in [3.05, 3.63) is 28.0 Å². The number of fused-ring (bicyclic) bond motifs is 1. The topological polar surface area (TPSA) is 24.9 Å². The predicted molar refractivity (Wildman–Crippen MR) is 42.5 cm³/mol. The molecule has 3 heteroatoms. The fraction of sp³-hybridized carbons (Fsp3) is 0.286. The number of hydrogen-bond donors (Lipinski definition) is 1. The normalized spacial score (nSPS) is 15.3. The second-order valence-electron chi connectivity index (χ2n) is 2.34. The zero-order valence-electron chi connectivity index (χ0n) is 5.39. The van der Waals surface area contributed by atoms with Crippen LogP contribution in [0.4, 0.5) is 0 Å². The van der Waals surface area contributed by atoms with E-state index in [-0.39, 0.29) is 0 Å². The van der Waals surface area contributed by atoms with E-state index < -0.39 is 0 Å². The lowest BCUT2D eigenvalue weighted by molar-refractivity contribution is 0.763. The van der Waals surface area contributed by atoms with Gasteiger partial charge in [-0.3, -0.25) is 0 Å². The number of nitrogens with one attached hydrogen (secondary N) is 1. The summed E-state index contributed by atoms with van der Waals surface area (Å²) in [6, 6.07) is 2.06. The minimum absolute atomic E-state index is 0.948. The van der Waals surface area contributed by atoms with Crippen molar-refractivity contribution in [3.63, 3.8) is 0 Å². The van der Waals surface area contributed by atoms with Crippen molar-refractivity contribution in [1.82, 2.24) is 10.3 Å². The molecule has 0 amide bonds. The molecule has 1 N–H and O–H groups in total. The van der Waals surface area contributed by atoms with Crippen LogP contribution >= 0.6 is 15.9 Å². The molecular weight excluding hydrogens is 192 g/mol. The largest absolute Gasteiger partial charge is 0.308 e. The summed E-state index contributed by atoms with van der Waals surface area (Å²) in [6.07, 6.45) is 1.83. The molecule has 2 rings (SSSR count). The second kappa shape index (κ2) is 2.32. The van der Waals surface area contributed by atoms with Crippen LogP contribution in [0.25, 0.3) is 0 Å². The first-order valence-electron chi connectivity index (χ1n) is 3.21. The van der Waals surface area contributed by atoms with Crippen molar-refractivity contribution in [2.24, 2.45) is 0 Å². The molecule has 0 spiro atoms. The lowest BCUT2D eigenvalue weighted by Crippen LogP contribution is -2.00. The maximum atomic E-state index is 4.13. The van der Waals surface area contributed by atoms with Gasteiger partial charge in [-0.05, 0) is 27.6 Å². The number of halogens is 1. The van der Waals surface area contributed by atoms with Gasteiger partial charge in [-0.2, -0.15) is 0 Å². The summed E-state index contributed by atoms with van der Waals surface area (Å²) in [5.74, 6) is 0. The van der Waals surface area contributed by atoms with Gasteiger partial charge in [-0.25, -0.2) is 4.98 Å². The van der Waals surface area contributed by atoms with Crippen LogP contribution in [0.1, 0.15) is 11.1 Å². The van der Waals surface area contributed by atoms with Crippen molar-refractivity contribution in [3.8, 4) is 0 Å². The van der Waals surface area contributed by atoms with E-state index in [4.69, 9.17) is 0 Å². The highest BCUT2D eigenvalue weighted by atomic mass is 79.9. The van der Waals surface area contributed by atoms with E-state index in [9.17, 15) is 0 Å². The van der Waals surface area contributed by atoms with E-state index in [1.165, 1.54) is 11.1 Å². The smallest absolute Gasteiger partial charge is 0.110 e. The molecule has 2 heterocycles. The molecule has 0 saturated heterocycles. The number of hydrogen-bond acceptors (Lipinski definition) is 2. The lowest BCUT2D eigenvalue weighted by atomic mass is 10.2. The quantitative estimate of drug-likeness (QED) is 0.639. The van der Waals surface area contributed by atoms with Crippen molar-refractivity contribution < 1.29 is 0 Å². The molecule has 0 fully saturated rings. The van der Waals surface area contributed by atoms with Crippen LogP contribution in [0.5, 0.6) is 0 Å². The fourth-order valence-corrected chi connectivity index (χ4v) is 1.69. The van der Waals surface area contributed by atoms with Crippen molar-refractivity contribution >= 4 is 15.9 Å². The van der Waals surface area contributed by atoms with Crippen LogP contribution in [0.3, 0.4) is 0 Å². The Kier molecular flexibility index (Phi) is 1.47. The average Bonchev–Trinajstić information content (AvgIpc) is 2.36. The van der Waals surface area contributed by atoms with Crippen molar-refractivity contribution in [2.45, 2.75) is 13.1 Å². The van der Waals surface area contributed by atoms with Gasteiger partial charge in [-0.1, -0.05) is 0 Å². The Bertz CT molecular complexity index is 260. The maximum Gasteiger partial charge on any atom is 0.110 e. The molecule has 52 valence electrons. The number of aromatic nitrogens is 1. The van der Waals surface area contributed by atoms with Crippen LogP contribution in [0, 0.1) is 0 Å². The molecule has 0 atom stereocenters. The zero-order chi connectivity index (χ0) is 6.97. The maximum absolute atomic E-state index is 4.13. The molecule has 1 aromatic heterocycles. The summed E-state index contributed by atoms with van der Waals surface area (Å²) in [4.78, 5) is 4.13. The predicted octanol–water partition coefficient (Wildman–Crippen LogP) is 1.45. The molecule has 0 unspecified atom stereocenters. The molecule has 1 aliphatic heterocycles. The summed E-state index contributed by atoms with van der Waals surface area (Å²) < 4.78 is 0.981. The SMILES string of the molecule is Brc1nccc2c1CNC2. The Labute approximate surface area is 67.8 Å². The Morgan fingerprint density at radius 2 is 2.40 bits per heavy atom. The first-order chi connectivity index (χ1) is 4.88. The van der Waals surface area contributed by atoms with Gasteiger partial charge < -0.3 is 5.32 Å². The monoisotopic (exact) mass is 198 g/mol. The summed E-state index contributed by atoms with van der Waals surface area (Å²) in [5.41, 5.74) is 2.67. The van der Waals surface area contributed by atoms with E-state index in [1.807, 2.05) is 6.20 Å². The number of pyridine rings is 1. The Morgan fingerprint density at radius 1 is 1.50 bits per heavy atom. The van der Waals surface area contributed by atoms with E-state index in [1.54, 1.807) is 0 Å². The third-order valence-electron chi connectivity index (χ3n) is 1.72. The fourth-order valence-electron chi connectivity index (χ4n) is 1.18. The van der Waals surface area contributed by atoms with Gasteiger partial charge in [0, 0.05) is 24.8 Å². The highest BCUT2D eigenvalue weighted by molar-refractivity contribution is 9.10.